The molecule has 0 aliphatic rings. The van der Waals surface area contributed by atoms with E-state index >= 15 is 0 Å². The van der Waals surface area contributed by atoms with Crippen molar-refractivity contribution in [2.45, 2.75) is 12.8 Å². The van der Waals surface area contributed by atoms with Crippen molar-refractivity contribution in [1.29, 1.82) is 0 Å². The van der Waals surface area contributed by atoms with E-state index in [1.54, 1.807) is 0 Å². The van der Waals surface area contributed by atoms with E-state index < -0.39 is 10.2 Å². The quantitative estimate of drug-likeness (QED) is 0.607. The lowest BCUT2D eigenvalue weighted by atomic mass is 10.3. The molecule has 1 aromatic carbocycles. The molecule has 0 aromatic heterocycles. The number of benzene rings is 1. The second kappa shape index (κ2) is 9.39. The van der Waals surface area contributed by atoms with Crippen molar-refractivity contribution < 1.29 is 17.9 Å². The summed E-state index contributed by atoms with van der Waals surface area (Å²) in [5.41, 5.74) is 0. The van der Waals surface area contributed by atoms with Gasteiger partial charge in [-0.25, -0.2) is 4.72 Å². The number of amides is 1. The van der Waals surface area contributed by atoms with Gasteiger partial charge in [0, 0.05) is 33.6 Å². The Morgan fingerprint density at radius 2 is 1.86 bits per heavy atom. The maximum absolute atomic E-state index is 11.6. The van der Waals surface area contributed by atoms with Crippen molar-refractivity contribution in [3.8, 4) is 5.75 Å². The van der Waals surface area contributed by atoms with Gasteiger partial charge in [0.05, 0.1) is 6.61 Å². The van der Waals surface area contributed by atoms with Crippen LogP contribution in [0, 0.1) is 0 Å². The monoisotopic (exact) mass is 329 g/mol. The first-order chi connectivity index (χ1) is 10.4. The van der Waals surface area contributed by atoms with Gasteiger partial charge in [0.15, 0.2) is 0 Å². The molecule has 0 fully saturated rings. The Morgan fingerprint density at radius 3 is 2.50 bits per heavy atom. The molecule has 0 saturated heterocycles. The summed E-state index contributed by atoms with van der Waals surface area (Å²) < 4.78 is 31.7. The summed E-state index contributed by atoms with van der Waals surface area (Å²) >= 11 is 0. The molecule has 0 saturated carbocycles. The van der Waals surface area contributed by atoms with Crippen LogP contribution in [0.5, 0.6) is 5.75 Å². The Balaban J connectivity index is 2.07. The minimum absolute atomic E-state index is 0.124. The maximum Gasteiger partial charge on any atom is 0.278 e. The van der Waals surface area contributed by atoms with Crippen LogP contribution in [0.1, 0.15) is 12.8 Å². The molecule has 1 rings (SSSR count). The summed E-state index contributed by atoms with van der Waals surface area (Å²) in [6.07, 6.45) is 0.942. The van der Waals surface area contributed by atoms with Gasteiger partial charge in [-0.2, -0.15) is 12.7 Å². The Bertz CT molecular complexity index is 546. The topological polar surface area (TPSA) is 87.7 Å². The second-order valence-electron chi connectivity index (χ2n) is 4.80. The van der Waals surface area contributed by atoms with E-state index in [0.717, 1.165) is 10.1 Å². The molecule has 0 bridgehead atoms. The molecule has 0 atom stereocenters. The van der Waals surface area contributed by atoms with E-state index in [-0.39, 0.29) is 19.0 Å². The molecule has 22 heavy (non-hydrogen) atoms. The molecule has 0 spiro atoms. The van der Waals surface area contributed by atoms with Crippen LogP contribution in [0.3, 0.4) is 0 Å². The zero-order chi connectivity index (χ0) is 16.4. The van der Waals surface area contributed by atoms with Gasteiger partial charge in [0.2, 0.25) is 5.91 Å². The summed E-state index contributed by atoms with van der Waals surface area (Å²) in [4.78, 5) is 11.6. The van der Waals surface area contributed by atoms with Crippen LogP contribution < -0.4 is 14.8 Å². The van der Waals surface area contributed by atoms with Crippen molar-refractivity contribution in [2.75, 3.05) is 33.8 Å². The summed E-state index contributed by atoms with van der Waals surface area (Å²) in [5, 5.41) is 2.65. The highest BCUT2D eigenvalue weighted by Crippen LogP contribution is 2.08. The van der Waals surface area contributed by atoms with Crippen molar-refractivity contribution in [2.24, 2.45) is 0 Å². The Hall–Kier alpha value is -1.64. The summed E-state index contributed by atoms with van der Waals surface area (Å²) in [6, 6.07) is 9.40. The molecule has 0 radical (unpaired) electrons. The second-order valence-corrected chi connectivity index (χ2v) is 6.77. The molecule has 0 aliphatic heterocycles. The average molecular weight is 329 g/mol. The van der Waals surface area contributed by atoms with Gasteiger partial charge >= 0.3 is 0 Å². The van der Waals surface area contributed by atoms with Crippen LogP contribution in [-0.2, 0) is 15.0 Å². The third-order valence-corrected chi connectivity index (χ3v) is 4.30. The van der Waals surface area contributed by atoms with Gasteiger partial charge in [-0.15, -0.1) is 0 Å². The van der Waals surface area contributed by atoms with Gasteiger partial charge in [0.25, 0.3) is 10.2 Å². The highest BCUT2D eigenvalue weighted by Gasteiger charge is 2.11. The number of ether oxygens (including phenoxy) is 1. The molecule has 1 aromatic rings. The Kier molecular flexibility index (Phi) is 7.86. The smallest absolute Gasteiger partial charge is 0.278 e. The zero-order valence-electron chi connectivity index (χ0n) is 12.9. The van der Waals surface area contributed by atoms with Gasteiger partial charge in [-0.3, -0.25) is 4.79 Å². The first-order valence-electron chi connectivity index (χ1n) is 7.03. The van der Waals surface area contributed by atoms with E-state index in [2.05, 4.69) is 10.0 Å². The van der Waals surface area contributed by atoms with Gasteiger partial charge in [-0.05, 0) is 18.6 Å². The summed E-state index contributed by atoms with van der Waals surface area (Å²) in [6.45, 7) is 0.878. The fraction of sp³-hybridized carbons (Fsp3) is 0.500. The number of para-hydroxylation sites is 1. The van der Waals surface area contributed by atoms with Crippen LogP contribution in [0.25, 0.3) is 0 Å². The fourth-order valence-corrected chi connectivity index (χ4v) is 2.16. The number of nitrogens with zero attached hydrogens (tertiary/aromatic N) is 1. The highest BCUT2D eigenvalue weighted by molar-refractivity contribution is 7.87. The predicted octanol–water partition coefficient (Wildman–Crippen LogP) is 0.358. The fourth-order valence-electron chi connectivity index (χ4n) is 1.54. The van der Waals surface area contributed by atoms with Crippen molar-refractivity contribution in [3.63, 3.8) is 0 Å². The molecule has 1 amide bonds. The van der Waals surface area contributed by atoms with Crippen LogP contribution in [0.4, 0.5) is 0 Å². The van der Waals surface area contributed by atoms with Crippen molar-refractivity contribution in [1.82, 2.24) is 14.3 Å². The number of carbonyl (C=O) groups excluding carboxylic acids is 1. The largest absolute Gasteiger partial charge is 0.494 e. The van der Waals surface area contributed by atoms with E-state index in [4.69, 9.17) is 4.74 Å². The third-order valence-electron chi connectivity index (χ3n) is 2.77. The van der Waals surface area contributed by atoms with E-state index in [0.29, 0.717) is 19.4 Å². The van der Waals surface area contributed by atoms with Gasteiger partial charge in [0.1, 0.15) is 5.75 Å². The lowest BCUT2D eigenvalue weighted by Gasteiger charge is -2.12. The molecule has 0 aliphatic carbocycles. The molecule has 7 nitrogen and oxygen atoms in total. The van der Waals surface area contributed by atoms with Crippen LogP contribution in [0.2, 0.25) is 0 Å². The van der Waals surface area contributed by atoms with Crippen LogP contribution >= 0.6 is 0 Å². The van der Waals surface area contributed by atoms with Crippen LogP contribution in [0.15, 0.2) is 30.3 Å². The minimum atomic E-state index is -3.44. The highest BCUT2D eigenvalue weighted by atomic mass is 32.2. The SMILES string of the molecule is CN(C)S(=O)(=O)NCCNC(=O)CCCOc1ccccc1. The summed E-state index contributed by atoms with van der Waals surface area (Å²) in [7, 11) is -0.559. The zero-order valence-corrected chi connectivity index (χ0v) is 13.7. The predicted molar refractivity (Wildman–Crippen MR) is 84.8 cm³/mol. The van der Waals surface area contributed by atoms with Crippen molar-refractivity contribution in [3.05, 3.63) is 30.3 Å². The van der Waals surface area contributed by atoms with Gasteiger partial charge in [-0.1, -0.05) is 18.2 Å². The summed E-state index contributed by atoms with van der Waals surface area (Å²) in [5.74, 6) is 0.654. The first-order valence-corrected chi connectivity index (χ1v) is 8.47. The molecule has 0 unspecified atom stereocenters. The lowest BCUT2D eigenvalue weighted by molar-refractivity contribution is -0.121. The number of carbonyl (C=O) groups is 1. The number of rotatable bonds is 10. The molecular weight excluding hydrogens is 306 g/mol. The standard InChI is InChI=1S/C14H23N3O4S/c1-17(2)22(19,20)16-11-10-15-14(18)9-6-12-21-13-7-4-3-5-8-13/h3-5,7-8,16H,6,9-12H2,1-2H3,(H,15,18). The number of nitrogens with one attached hydrogen (secondary N) is 2. The molecule has 8 heteroatoms. The minimum Gasteiger partial charge on any atom is -0.494 e. The molecule has 124 valence electrons. The molecule has 0 heterocycles. The third kappa shape index (κ3) is 7.39. The Morgan fingerprint density at radius 1 is 1.18 bits per heavy atom. The van der Waals surface area contributed by atoms with Crippen molar-refractivity contribution >= 4 is 16.1 Å². The van der Waals surface area contributed by atoms with E-state index in [1.807, 2.05) is 30.3 Å². The lowest BCUT2D eigenvalue weighted by Crippen LogP contribution is -2.40. The van der Waals surface area contributed by atoms with Crippen LogP contribution in [-0.4, -0.2) is 52.4 Å². The van der Waals surface area contributed by atoms with E-state index in [1.165, 1.54) is 14.1 Å². The Labute approximate surface area is 131 Å². The maximum atomic E-state index is 11.6. The normalized spacial score (nSPS) is 11.4. The average Bonchev–Trinajstić information content (AvgIpc) is 2.49. The number of hydrogen-bond acceptors (Lipinski definition) is 4. The first kappa shape index (κ1) is 18.4. The van der Waals surface area contributed by atoms with Gasteiger partial charge < -0.3 is 10.1 Å². The molecular formula is C14H23N3O4S. The molecule has 2 N–H and O–H groups in total. The van der Waals surface area contributed by atoms with E-state index in [9.17, 15) is 13.2 Å². The number of hydrogen-bond donors (Lipinski definition) is 2.